The highest BCUT2D eigenvalue weighted by Gasteiger charge is 2.15. The van der Waals surface area contributed by atoms with Crippen LogP contribution in [-0.4, -0.2) is 19.9 Å². The topological polar surface area (TPSA) is 50.9 Å². The molecule has 0 aliphatic heterocycles. The first kappa shape index (κ1) is 14.5. The number of aromatic nitrogens is 3. The van der Waals surface area contributed by atoms with E-state index in [1.807, 2.05) is 22.8 Å². The minimum atomic E-state index is -0.124. The second-order valence-electron chi connectivity index (χ2n) is 4.76. The van der Waals surface area contributed by atoms with Crippen LogP contribution in [0.25, 0.3) is 11.4 Å². The fourth-order valence-electron chi connectivity index (χ4n) is 1.91. The third-order valence-electron chi connectivity index (χ3n) is 2.64. The van der Waals surface area contributed by atoms with Crippen molar-refractivity contribution < 1.29 is 5.11 Å². The molecule has 4 nitrogen and oxygen atoms in total. The SMILES string of the molecule is CC(C)Cn1c(CO)nnc1-c1cc(Cl)cc(Br)c1. The number of rotatable bonds is 4. The second-order valence-corrected chi connectivity index (χ2v) is 6.11. The molecule has 0 atom stereocenters. The molecule has 0 spiro atoms. The van der Waals surface area contributed by atoms with Crippen molar-refractivity contribution in [3.05, 3.63) is 33.5 Å². The van der Waals surface area contributed by atoms with Crippen molar-refractivity contribution in [3.8, 4) is 11.4 Å². The average Bonchev–Trinajstić information content (AvgIpc) is 2.69. The van der Waals surface area contributed by atoms with E-state index >= 15 is 0 Å². The highest BCUT2D eigenvalue weighted by atomic mass is 79.9. The molecule has 2 rings (SSSR count). The van der Waals surface area contributed by atoms with Crippen molar-refractivity contribution >= 4 is 27.5 Å². The minimum absolute atomic E-state index is 0.124. The monoisotopic (exact) mass is 343 g/mol. The molecule has 0 bridgehead atoms. The molecule has 1 aromatic carbocycles. The van der Waals surface area contributed by atoms with Crippen molar-refractivity contribution in [1.82, 2.24) is 14.8 Å². The molecule has 1 aromatic heterocycles. The van der Waals surface area contributed by atoms with Crippen molar-refractivity contribution in [2.24, 2.45) is 5.92 Å². The zero-order valence-electron chi connectivity index (χ0n) is 10.8. The molecule has 19 heavy (non-hydrogen) atoms. The van der Waals surface area contributed by atoms with Gasteiger partial charge in [0.05, 0.1) is 0 Å². The summed E-state index contributed by atoms with van der Waals surface area (Å²) in [4.78, 5) is 0. The number of nitrogens with zero attached hydrogens (tertiary/aromatic N) is 3. The number of benzene rings is 1. The van der Waals surface area contributed by atoms with Crippen LogP contribution in [0.15, 0.2) is 22.7 Å². The predicted molar refractivity (Wildman–Crippen MR) is 78.9 cm³/mol. The van der Waals surface area contributed by atoms with E-state index in [2.05, 4.69) is 40.0 Å². The fourth-order valence-corrected chi connectivity index (χ4v) is 2.77. The summed E-state index contributed by atoms with van der Waals surface area (Å²) in [5.74, 6) is 1.73. The van der Waals surface area contributed by atoms with Gasteiger partial charge in [0.15, 0.2) is 11.6 Å². The normalized spacial score (nSPS) is 11.3. The predicted octanol–water partition coefficient (Wildman–Crippen LogP) is 3.51. The number of hydrogen-bond donors (Lipinski definition) is 1. The lowest BCUT2D eigenvalue weighted by Crippen LogP contribution is -2.10. The van der Waals surface area contributed by atoms with Crippen LogP contribution in [0.4, 0.5) is 0 Å². The van der Waals surface area contributed by atoms with Crippen LogP contribution in [0.5, 0.6) is 0 Å². The summed E-state index contributed by atoms with van der Waals surface area (Å²) >= 11 is 9.48. The van der Waals surface area contributed by atoms with Crippen molar-refractivity contribution in [1.29, 1.82) is 0 Å². The van der Waals surface area contributed by atoms with Crippen LogP contribution >= 0.6 is 27.5 Å². The van der Waals surface area contributed by atoms with Gasteiger partial charge in [-0.25, -0.2) is 0 Å². The van der Waals surface area contributed by atoms with Gasteiger partial charge in [0.1, 0.15) is 6.61 Å². The zero-order valence-corrected chi connectivity index (χ0v) is 13.1. The Morgan fingerprint density at radius 2 is 2.05 bits per heavy atom. The van der Waals surface area contributed by atoms with Gasteiger partial charge in [0, 0.05) is 21.6 Å². The molecule has 0 saturated carbocycles. The Labute approximate surface area is 125 Å². The van der Waals surface area contributed by atoms with E-state index in [0.29, 0.717) is 16.8 Å². The molecule has 6 heteroatoms. The average molecular weight is 345 g/mol. The molecule has 0 unspecified atom stereocenters. The molecule has 0 radical (unpaired) electrons. The van der Waals surface area contributed by atoms with E-state index in [9.17, 15) is 5.11 Å². The molecule has 2 aromatic rings. The number of aliphatic hydroxyl groups excluding tert-OH is 1. The Balaban J connectivity index is 2.51. The van der Waals surface area contributed by atoms with E-state index in [0.717, 1.165) is 22.4 Å². The first-order chi connectivity index (χ1) is 9.01. The molecule has 0 fully saturated rings. The summed E-state index contributed by atoms with van der Waals surface area (Å²) in [5.41, 5.74) is 0.882. The smallest absolute Gasteiger partial charge is 0.164 e. The minimum Gasteiger partial charge on any atom is -0.388 e. The van der Waals surface area contributed by atoms with Crippen LogP contribution in [-0.2, 0) is 13.2 Å². The lowest BCUT2D eigenvalue weighted by Gasteiger charge is -2.12. The first-order valence-corrected chi connectivity index (χ1v) is 7.17. The summed E-state index contributed by atoms with van der Waals surface area (Å²) in [6, 6.07) is 5.60. The molecule has 0 amide bonds. The lowest BCUT2D eigenvalue weighted by atomic mass is 10.2. The highest BCUT2D eigenvalue weighted by Crippen LogP contribution is 2.27. The van der Waals surface area contributed by atoms with Gasteiger partial charge in [-0.3, -0.25) is 0 Å². The maximum atomic E-state index is 9.34. The molecule has 102 valence electrons. The number of halogens is 2. The first-order valence-electron chi connectivity index (χ1n) is 6.00. The van der Waals surface area contributed by atoms with Crippen molar-refractivity contribution in [2.75, 3.05) is 0 Å². The summed E-state index contributed by atoms with van der Waals surface area (Å²) in [5, 5.41) is 18.2. The molecule has 0 saturated heterocycles. The van der Waals surface area contributed by atoms with Crippen molar-refractivity contribution in [3.63, 3.8) is 0 Å². The molecule has 0 aliphatic carbocycles. The number of aliphatic hydroxyl groups is 1. The van der Waals surface area contributed by atoms with Crippen LogP contribution in [0.2, 0.25) is 5.02 Å². The van der Waals surface area contributed by atoms with Crippen LogP contribution in [0.3, 0.4) is 0 Å². The van der Waals surface area contributed by atoms with E-state index in [1.165, 1.54) is 0 Å². The standard InChI is InChI=1S/C13H15BrClN3O/c1-8(2)6-18-12(7-19)16-17-13(18)9-3-10(14)5-11(15)4-9/h3-5,8,19H,6-7H2,1-2H3. The van der Waals surface area contributed by atoms with E-state index in [-0.39, 0.29) is 6.61 Å². The van der Waals surface area contributed by atoms with Gasteiger partial charge in [-0.05, 0) is 24.1 Å². The van der Waals surface area contributed by atoms with Crippen LogP contribution in [0, 0.1) is 5.92 Å². The molecular formula is C13H15BrClN3O. The Hall–Kier alpha value is -0.910. The Morgan fingerprint density at radius 3 is 2.63 bits per heavy atom. The Morgan fingerprint density at radius 1 is 1.32 bits per heavy atom. The van der Waals surface area contributed by atoms with E-state index in [4.69, 9.17) is 11.6 Å². The maximum absolute atomic E-state index is 9.34. The lowest BCUT2D eigenvalue weighted by molar-refractivity contribution is 0.262. The Kier molecular flexibility index (Phi) is 4.60. The van der Waals surface area contributed by atoms with E-state index < -0.39 is 0 Å². The van der Waals surface area contributed by atoms with Crippen molar-refractivity contribution in [2.45, 2.75) is 27.0 Å². The van der Waals surface area contributed by atoms with Gasteiger partial charge in [0.2, 0.25) is 0 Å². The summed E-state index contributed by atoms with van der Waals surface area (Å²) in [6.07, 6.45) is 0. The molecular weight excluding hydrogens is 330 g/mol. The van der Waals surface area contributed by atoms with E-state index in [1.54, 1.807) is 0 Å². The quantitative estimate of drug-likeness (QED) is 0.923. The third-order valence-corrected chi connectivity index (χ3v) is 3.31. The molecule has 1 N–H and O–H groups in total. The summed E-state index contributed by atoms with van der Waals surface area (Å²) < 4.78 is 2.82. The van der Waals surface area contributed by atoms with Gasteiger partial charge < -0.3 is 9.67 Å². The molecule has 0 aliphatic rings. The Bertz CT molecular complexity index is 563. The van der Waals surface area contributed by atoms with Gasteiger partial charge >= 0.3 is 0 Å². The van der Waals surface area contributed by atoms with Gasteiger partial charge in [-0.2, -0.15) is 0 Å². The van der Waals surface area contributed by atoms with Gasteiger partial charge in [-0.15, -0.1) is 10.2 Å². The van der Waals surface area contributed by atoms with Gasteiger partial charge in [-0.1, -0.05) is 41.4 Å². The van der Waals surface area contributed by atoms with Crippen LogP contribution in [0.1, 0.15) is 19.7 Å². The number of hydrogen-bond acceptors (Lipinski definition) is 3. The largest absolute Gasteiger partial charge is 0.388 e. The second kappa shape index (κ2) is 6.03. The highest BCUT2D eigenvalue weighted by molar-refractivity contribution is 9.10. The van der Waals surface area contributed by atoms with Crippen LogP contribution < -0.4 is 0 Å². The summed E-state index contributed by atoms with van der Waals surface area (Å²) in [6.45, 7) is 4.85. The fraction of sp³-hybridized carbons (Fsp3) is 0.385. The zero-order chi connectivity index (χ0) is 14.0. The third kappa shape index (κ3) is 3.35. The molecule has 1 heterocycles. The maximum Gasteiger partial charge on any atom is 0.164 e. The van der Waals surface area contributed by atoms with Gasteiger partial charge in [0.25, 0.3) is 0 Å². The summed E-state index contributed by atoms with van der Waals surface area (Å²) in [7, 11) is 0.